The molecule has 3 heteroatoms. The highest BCUT2D eigenvalue weighted by molar-refractivity contribution is 4.74. The van der Waals surface area contributed by atoms with E-state index in [1.807, 2.05) is 14.0 Å². The highest BCUT2D eigenvalue weighted by atomic mass is 16.5. The van der Waals surface area contributed by atoms with Gasteiger partial charge in [-0.1, -0.05) is 13.3 Å². The van der Waals surface area contributed by atoms with Crippen LogP contribution >= 0.6 is 0 Å². The summed E-state index contributed by atoms with van der Waals surface area (Å²) in [7, 11) is 3.71. The molecule has 0 saturated heterocycles. The first-order valence-electron chi connectivity index (χ1n) is 5.07. The summed E-state index contributed by atoms with van der Waals surface area (Å²) >= 11 is 0. The lowest BCUT2D eigenvalue weighted by atomic mass is 10.1. The summed E-state index contributed by atoms with van der Waals surface area (Å²) in [5.74, 6) is 0. The lowest BCUT2D eigenvalue weighted by Gasteiger charge is -2.25. The summed E-state index contributed by atoms with van der Waals surface area (Å²) in [5.41, 5.74) is 0. The molecule has 1 N–H and O–H groups in total. The molecule has 0 aromatic carbocycles. The number of hydrogen-bond donors (Lipinski definition) is 1. The minimum Gasteiger partial charge on any atom is -0.380 e. The first kappa shape index (κ1) is 12.9. The summed E-state index contributed by atoms with van der Waals surface area (Å²) in [6, 6.07) is 0.310. The Bertz CT molecular complexity index is 109. The topological polar surface area (TPSA) is 30.5 Å². The highest BCUT2D eigenvalue weighted by Gasteiger charge is 2.18. The molecule has 80 valence electrons. The smallest absolute Gasteiger partial charge is 0.0746 e. The van der Waals surface area contributed by atoms with Crippen LogP contribution in [-0.4, -0.2) is 39.5 Å². The Balaban J connectivity index is 3.84. The van der Waals surface area contributed by atoms with E-state index in [4.69, 9.17) is 9.47 Å². The Kier molecular flexibility index (Phi) is 8.40. The van der Waals surface area contributed by atoms with Crippen molar-refractivity contribution in [3.63, 3.8) is 0 Å². The SMILES string of the molecule is CCCC(OC)C(COCC)NC. The van der Waals surface area contributed by atoms with Crippen LogP contribution in [0.25, 0.3) is 0 Å². The maximum absolute atomic E-state index is 5.40. The maximum atomic E-state index is 5.40. The summed E-state index contributed by atoms with van der Waals surface area (Å²) in [4.78, 5) is 0. The number of rotatable bonds is 8. The van der Waals surface area contributed by atoms with Gasteiger partial charge >= 0.3 is 0 Å². The van der Waals surface area contributed by atoms with Crippen molar-refractivity contribution in [2.75, 3.05) is 27.4 Å². The largest absolute Gasteiger partial charge is 0.380 e. The van der Waals surface area contributed by atoms with Crippen LogP contribution in [0.2, 0.25) is 0 Å². The zero-order valence-corrected chi connectivity index (χ0v) is 9.30. The molecule has 3 nitrogen and oxygen atoms in total. The first-order valence-corrected chi connectivity index (χ1v) is 5.07. The Morgan fingerprint density at radius 3 is 2.38 bits per heavy atom. The predicted molar refractivity (Wildman–Crippen MR) is 55.0 cm³/mol. The zero-order valence-electron chi connectivity index (χ0n) is 9.30. The van der Waals surface area contributed by atoms with Crippen LogP contribution in [0.4, 0.5) is 0 Å². The van der Waals surface area contributed by atoms with E-state index in [9.17, 15) is 0 Å². The molecule has 0 amide bonds. The standard InChI is InChI=1S/C10H23NO2/c1-5-7-10(12-4)9(11-3)8-13-6-2/h9-11H,5-8H2,1-4H3. The van der Waals surface area contributed by atoms with Crippen molar-refractivity contribution in [1.82, 2.24) is 5.32 Å². The van der Waals surface area contributed by atoms with Crippen molar-refractivity contribution in [2.24, 2.45) is 0 Å². The van der Waals surface area contributed by atoms with Gasteiger partial charge in [0.2, 0.25) is 0 Å². The fourth-order valence-electron chi connectivity index (χ4n) is 1.39. The molecule has 0 rings (SSSR count). The van der Waals surface area contributed by atoms with Crippen LogP contribution in [-0.2, 0) is 9.47 Å². The van der Waals surface area contributed by atoms with Crippen molar-refractivity contribution in [3.05, 3.63) is 0 Å². The molecule has 0 radical (unpaired) electrons. The van der Waals surface area contributed by atoms with Crippen molar-refractivity contribution in [3.8, 4) is 0 Å². The van der Waals surface area contributed by atoms with Gasteiger partial charge in [0.1, 0.15) is 0 Å². The molecule has 0 aliphatic carbocycles. The molecule has 13 heavy (non-hydrogen) atoms. The average molecular weight is 189 g/mol. The second kappa shape index (κ2) is 8.48. The molecule has 0 bridgehead atoms. The third-order valence-corrected chi connectivity index (χ3v) is 2.20. The number of likely N-dealkylation sites (N-methyl/N-ethyl adjacent to an activating group) is 1. The van der Waals surface area contributed by atoms with Crippen LogP contribution in [0.1, 0.15) is 26.7 Å². The Labute approximate surface area is 81.8 Å². The summed E-state index contributed by atoms with van der Waals surface area (Å²) in [6.45, 7) is 5.67. The summed E-state index contributed by atoms with van der Waals surface area (Å²) in [5, 5.41) is 3.22. The van der Waals surface area contributed by atoms with Gasteiger partial charge in [0, 0.05) is 13.7 Å². The van der Waals surface area contributed by atoms with Gasteiger partial charge < -0.3 is 14.8 Å². The van der Waals surface area contributed by atoms with E-state index in [-0.39, 0.29) is 6.10 Å². The average Bonchev–Trinajstić information content (AvgIpc) is 2.17. The van der Waals surface area contributed by atoms with E-state index in [1.165, 1.54) is 0 Å². The molecule has 0 aromatic heterocycles. The number of ether oxygens (including phenoxy) is 2. The number of methoxy groups -OCH3 is 1. The van der Waals surface area contributed by atoms with E-state index in [2.05, 4.69) is 12.2 Å². The van der Waals surface area contributed by atoms with Crippen molar-refractivity contribution >= 4 is 0 Å². The molecule has 0 spiro atoms. The van der Waals surface area contributed by atoms with Crippen LogP contribution in [0.15, 0.2) is 0 Å². The Morgan fingerprint density at radius 2 is 2.00 bits per heavy atom. The second-order valence-corrected chi connectivity index (χ2v) is 3.12. The van der Waals surface area contributed by atoms with Gasteiger partial charge in [-0.2, -0.15) is 0 Å². The predicted octanol–water partition coefficient (Wildman–Crippen LogP) is 1.43. The van der Waals surface area contributed by atoms with Gasteiger partial charge in [0.15, 0.2) is 0 Å². The first-order chi connectivity index (χ1) is 6.29. The van der Waals surface area contributed by atoms with Crippen LogP contribution in [0, 0.1) is 0 Å². The van der Waals surface area contributed by atoms with E-state index in [0.717, 1.165) is 26.1 Å². The normalized spacial score (nSPS) is 15.7. The highest BCUT2D eigenvalue weighted by Crippen LogP contribution is 2.06. The fourth-order valence-corrected chi connectivity index (χ4v) is 1.39. The van der Waals surface area contributed by atoms with Gasteiger partial charge in [-0.3, -0.25) is 0 Å². The molecule has 0 aromatic rings. The second-order valence-electron chi connectivity index (χ2n) is 3.12. The fraction of sp³-hybridized carbons (Fsp3) is 1.00. The molecule has 2 unspecified atom stereocenters. The summed E-state index contributed by atoms with van der Waals surface area (Å²) < 4.78 is 10.8. The molecule has 0 aliphatic rings. The quantitative estimate of drug-likeness (QED) is 0.626. The van der Waals surface area contributed by atoms with Crippen LogP contribution in [0.3, 0.4) is 0 Å². The molecule has 0 heterocycles. The van der Waals surface area contributed by atoms with E-state index in [0.29, 0.717) is 6.04 Å². The monoisotopic (exact) mass is 189 g/mol. The minimum absolute atomic E-state index is 0.265. The van der Waals surface area contributed by atoms with Crippen LogP contribution < -0.4 is 5.32 Å². The van der Waals surface area contributed by atoms with E-state index >= 15 is 0 Å². The summed E-state index contributed by atoms with van der Waals surface area (Å²) in [6.07, 6.45) is 2.49. The molecule has 0 aliphatic heterocycles. The molecular weight excluding hydrogens is 166 g/mol. The molecule has 0 fully saturated rings. The Morgan fingerprint density at radius 1 is 1.31 bits per heavy atom. The van der Waals surface area contributed by atoms with Crippen molar-refractivity contribution in [1.29, 1.82) is 0 Å². The van der Waals surface area contributed by atoms with Gasteiger partial charge in [-0.05, 0) is 20.4 Å². The van der Waals surface area contributed by atoms with Gasteiger partial charge in [-0.25, -0.2) is 0 Å². The van der Waals surface area contributed by atoms with Crippen molar-refractivity contribution < 1.29 is 9.47 Å². The third-order valence-electron chi connectivity index (χ3n) is 2.20. The lowest BCUT2D eigenvalue weighted by molar-refractivity contribution is 0.0219. The number of hydrogen-bond acceptors (Lipinski definition) is 3. The zero-order chi connectivity index (χ0) is 10.1. The Hall–Kier alpha value is -0.120. The number of nitrogens with one attached hydrogen (secondary N) is 1. The van der Waals surface area contributed by atoms with Gasteiger partial charge in [-0.15, -0.1) is 0 Å². The van der Waals surface area contributed by atoms with E-state index in [1.54, 1.807) is 7.11 Å². The minimum atomic E-state index is 0.265. The third kappa shape index (κ3) is 5.24. The van der Waals surface area contributed by atoms with Gasteiger partial charge in [0.25, 0.3) is 0 Å². The molecule has 2 atom stereocenters. The molecular formula is C10H23NO2. The van der Waals surface area contributed by atoms with Crippen molar-refractivity contribution in [2.45, 2.75) is 38.8 Å². The molecule has 0 saturated carbocycles. The van der Waals surface area contributed by atoms with Crippen LogP contribution in [0.5, 0.6) is 0 Å². The van der Waals surface area contributed by atoms with E-state index < -0.39 is 0 Å². The lowest BCUT2D eigenvalue weighted by Crippen LogP contribution is -2.42. The maximum Gasteiger partial charge on any atom is 0.0746 e. The van der Waals surface area contributed by atoms with Gasteiger partial charge in [0.05, 0.1) is 18.8 Å².